The van der Waals surface area contributed by atoms with Gasteiger partial charge in [-0.1, -0.05) is 301 Å². The Bertz CT molecular complexity index is 2360. The minimum atomic E-state index is -1.97. The molecule has 0 spiro atoms. The second-order valence-corrected chi connectivity index (χ2v) is 34.3. The molecule has 524 valence electrons. The summed E-state index contributed by atoms with van der Waals surface area (Å²) in [6, 6.07) is 6.25. The number of aliphatic imine (C=N–C) groups is 1. The summed E-state index contributed by atoms with van der Waals surface area (Å²) in [5, 5.41) is 52.4. The van der Waals surface area contributed by atoms with E-state index in [9.17, 15) is 39.0 Å². The second-order valence-electron chi connectivity index (χ2n) is 21.5. The quantitative estimate of drug-likeness (QED) is 0.0288. The number of nitrogens with two attached hydrogens (primary N) is 1. The molecule has 0 bridgehead atoms. The smallest absolute Gasteiger partial charge is 0.337 e. The SMILES string of the molecule is C.NC(=O)C1CCCCC1.O=C(NC(Cl)C(Cl)(Cl)Cl)C1CCCCC1.O=C(NC(N=C=S)C(Cl)(Cl)Cl)C1CCCCC1.O=C(NC(O)C(Cl)(Cl)Cl)C1CCCCC1.O=C(O)c1ccccc1NC(=S)NC(NC(=O)C1CCCCC1)C(Cl)(Cl)Cl.OC(O)C(Cl)(Cl)Cl. The summed E-state index contributed by atoms with van der Waals surface area (Å²) >= 11 is 98.1. The molecule has 5 saturated carbocycles. The molecule has 5 fully saturated rings. The third kappa shape index (κ3) is 40.0. The number of primary amides is 1. The molecule has 5 amide bonds. The number of carbonyl (C=O) groups is 6. The van der Waals surface area contributed by atoms with Gasteiger partial charge in [-0.15, -0.1) is 0 Å². The molecule has 0 aliphatic heterocycles. The first-order chi connectivity index (χ1) is 41.7. The summed E-state index contributed by atoms with van der Waals surface area (Å²) < 4.78 is -9.07. The van der Waals surface area contributed by atoms with Crippen LogP contribution in [0.5, 0.6) is 0 Å². The molecule has 91 heavy (non-hydrogen) atoms. The molecule has 1 aromatic carbocycles. The molecule has 0 heterocycles. The Kier molecular flexibility index (Phi) is 46.4. The van der Waals surface area contributed by atoms with Crippen LogP contribution < -0.4 is 37.6 Å². The number of aliphatic hydroxyl groups excluding tert-OH is 2. The zero-order valence-corrected chi connectivity index (χ0v) is 62.1. The van der Waals surface area contributed by atoms with Crippen LogP contribution in [0.3, 0.4) is 0 Å². The van der Waals surface area contributed by atoms with Crippen LogP contribution in [0.2, 0.25) is 0 Å². The van der Waals surface area contributed by atoms with Gasteiger partial charge in [0, 0.05) is 29.6 Å². The van der Waals surface area contributed by atoms with Gasteiger partial charge in [0.1, 0.15) is 6.17 Å². The molecule has 1 aromatic rings. The number of nitrogens with zero attached hydrogens (tertiary/aromatic N) is 1. The van der Waals surface area contributed by atoms with Crippen molar-refractivity contribution in [3.05, 3.63) is 29.8 Å². The number of aliphatic hydroxyl groups is 3. The van der Waals surface area contributed by atoms with Crippen LogP contribution in [0.25, 0.3) is 0 Å². The highest BCUT2D eigenvalue weighted by molar-refractivity contribution is 7.80. The van der Waals surface area contributed by atoms with E-state index in [0.717, 1.165) is 128 Å². The molecule has 0 radical (unpaired) electrons. The minimum Gasteiger partial charge on any atom is -0.478 e. The van der Waals surface area contributed by atoms with Gasteiger partial charge in [0.2, 0.25) is 48.5 Å². The second kappa shape index (κ2) is 46.4. The number of benzene rings is 1. The van der Waals surface area contributed by atoms with Crippen LogP contribution in [0.15, 0.2) is 29.3 Å². The molecule has 18 nitrogen and oxygen atoms in total. The average molecular weight is 1640 g/mol. The Morgan fingerprint density at radius 1 is 0.495 bits per heavy atom. The van der Waals surface area contributed by atoms with E-state index in [1.165, 1.54) is 38.2 Å². The van der Waals surface area contributed by atoms with Crippen molar-refractivity contribution in [1.29, 1.82) is 0 Å². The molecule has 4 unspecified atom stereocenters. The maximum Gasteiger partial charge on any atom is 0.337 e. The minimum absolute atomic E-state index is 0. The Morgan fingerprint density at radius 2 is 0.835 bits per heavy atom. The molecular weight excluding hydrogens is 1560 g/mol. The number of isothiocyanates is 1. The maximum absolute atomic E-state index is 12.5. The highest BCUT2D eigenvalue weighted by Crippen LogP contribution is 2.36. The van der Waals surface area contributed by atoms with Crippen molar-refractivity contribution >= 4 is 262 Å². The monoisotopic (exact) mass is 1640 g/mol. The van der Waals surface area contributed by atoms with E-state index >= 15 is 0 Å². The number of aromatic carboxylic acids is 1. The molecule has 0 saturated heterocycles. The number of carboxylic acids is 1. The number of carbonyl (C=O) groups excluding carboxylic acids is 5. The van der Waals surface area contributed by atoms with Crippen LogP contribution in [0.4, 0.5) is 5.69 Å². The molecule has 0 aromatic heterocycles. The summed E-state index contributed by atoms with van der Waals surface area (Å²) in [5.41, 5.74) is 4.47. The van der Waals surface area contributed by atoms with E-state index in [2.05, 4.69) is 54.3 Å². The largest absolute Gasteiger partial charge is 0.478 e. The van der Waals surface area contributed by atoms with Crippen molar-refractivity contribution in [3.63, 3.8) is 0 Å². The van der Waals surface area contributed by atoms with E-state index in [-0.39, 0.29) is 82.9 Å². The molecule has 5 aliphatic rings. The van der Waals surface area contributed by atoms with Gasteiger partial charge in [0.05, 0.1) is 16.4 Å². The van der Waals surface area contributed by atoms with Gasteiger partial charge >= 0.3 is 5.97 Å². The van der Waals surface area contributed by atoms with Crippen molar-refractivity contribution in [2.75, 3.05) is 5.32 Å². The van der Waals surface area contributed by atoms with Crippen LogP contribution in [-0.4, -0.2) is 116 Å². The summed E-state index contributed by atoms with van der Waals surface area (Å²) in [4.78, 5) is 73.2. The summed E-state index contributed by atoms with van der Waals surface area (Å²) in [7, 11) is 0. The lowest BCUT2D eigenvalue weighted by molar-refractivity contribution is -0.129. The number of hydrogen-bond donors (Lipinski definition) is 11. The van der Waals surface area contributed by atoms with Crippen molar-refractivity contribution in [2.24, 2.45) is 40.3 Å². The molecular formula is C55H80Cl16N8O10S2. The number of anilines is 1. The fraction of sp³-hybridized carbons (Fsp3) is 0.745. The van der Waals surface area contributed by atoms with Crippen LogP contribution in [0, 0.1) is 29.6 Å². The zero-order valence-electron chi connectivity index (χ0n) is 48.4. The number of thiocarbonyl (C=S) groups is 2. The Morgan fingerprint density at radius 3 is 1.13 bits per heavy atom. The molecule has 4 atom stereocenters. The van der Waals surface area contributed by atoms with Gasteiger partial charge in [0.25, 0.3) is 0 Å². The zero-order chi connectivity index (χ0) is 68.6. The van der Waals surface area contributed by atoms with Crippen LogP contribution in [-0.2, 0) is 24.0 Å². The molecule has 12 N–H and O–H groups in total. The highest BCUT2D eigenvalue weighted by atomic mass is 35.6. The van der Waals surface area contributed by atoms with Gasteiger partial charge in [-0.2, -0.15) is 0 Å². The highest BCUT2D eigenvalue weighted by Gasteiger charge is 2.39. The summed E-state index contributed by atoms with van der Waals surface area (Å²) in [5.74, 6) is -1.86. The van der Waals surface area contributed by atoms with E-state index in [0.29, 0.717) is 0 Å². The Hall–Kier alpha value is 0.0500. The molecule has 6 rings (SSSR count). The Balaban J connectivity index is 0.00000112. The van der Waals surface area contributed by atoms with Crippen molar-refractivity contribution in [3.8, 4) is 0 Å². The number of nitrogens with one attached hydrogen (secondary N) is 6. The number of carboxylic acid groups (broad SMARTS) is 1. The Labute approximate surface area is 624 Å². The summed E-state index contributed by atoms with van der Waals surface area (Å²) in [6.45, 7) is 0. The van der Waals surface area contributed by atoms with Gasteiger partial charge in [-0.3, -0.25) is 24.0 Å². The van der Waals surface area contributed by atoms with Crippen LogP contribution in [0.1, 0.15) is 178 Å². The average Bonchev–Trinajstić information content (AvgIpc) is 1.01. The first kappa shape index (κ1) is 91.1. The normalized spacial score (nSPS) is 18.5. The van der Waals surface area contributed by atoms with Gasteiger partial charge in [0.15, 0.2) is 29.3 Å². The number of amides is 5. The first-order valence-corrected chi connectivity index (χ1v) is 35.6. The van der Waals surface area contributed by atoms with E-state index in [4.69, 9.17) is 214 Å². The van der Waals surface area contributed by atoms with E-state index in [1.807, 2.05) is 0 Å². The fourth-order valence-electron chi connectivity index (χ4n) is 9.53. The predicted octanol–water partition coefficient (Wildman–Crippen LogP) is 15.9. The maximum atomic E-state index is 12.5. The number of halogens is 16. The van der Waals surface area contributed by atoms with Crippen molar-refractivity contribution in [1.82, 2.24) is 26.6 Å². The third-order valence-corrected chi connectivity index (χ3v) is 18.6. The fourth-order valence-corrected chi connectivity index (χ4v) is 10.9. The number of rotatable bonds is 13. The van der Waals surface area contributed by atoms with Gasteiger partial charge in [-0.25, -0.2) is 9.79 Å². The number of alkyl halides is 16. The molecule has 36 heteroatoms. The lowest BCUT2D eigenvalue weighted by Gasteiger charge is -2.30. The van der Waals surface area contributed by atoms with E-state index in [1.54, 1.807) is 18.2 Å². The van der Waals surface area contributed by atoms with Crippen molar-refractivity contribution in [2.45, 2.75) is 217 Å². The number of para-hydroxylation sites is 1. The van der Waals surface area contributed by atoms with Gasteiger partial charge < -0.3 is 58.1 Å². The molecule has 5 aliphatic carbocycles. The van der Waals surface area contributed by atoms with E-state index < -0.39 is 55.3 Å². The van der Waals surface area contributed by atoms with Gasteiger partial charge in [-0.05, 0) is 101 Å². The standard InChI is InChI=1S/C17H20Cl3N3O3S.C10H13Cl3N2OS.C9H13Cl4NO.C9H14Cl3NO2.C7H13NO.C2H3Cl3O2.CH4/c18-17(19,20)15(22-13(24)10-6-2-1-3-7-10)23-16(27)21-12-9-5-4-8-11(12)14(25)26;11-10(12,13)9(14-6-17)15-8(16)7-4-2-1-3-5-7;10-8(9(11,12)13)14-7(15)6-4-2-1-3-5-6;10-9(11,12)8(15)13-7(14)6-4-2-1-3-5-6;8-7(9)6-4-2-1-3-5-6;3-2(4,5)1(6)7;/h4-5,8-10,15H,1-3,6-7H2,(H,22,24)(H,25,26)(H2,21,23,27);7,9H,1-5H2,(H,15,16);6,8H,1-5H2,(H,14,15);6,8,15H,1-5H2,(H,13,14);6H,1-5H2,(H2,8,9);1,6-7H;1H4. The van der Waals surface area contributed by atoms with Crippen LogP contribution >= 0.6 is 210 Å². The topological polar surface area (TPSA) is 294 Å². The lowest BCUT2D eigenvalue weighted by atomic mass is 9.88. The van der Waals surface area contributed by atoms with Crippen molar-refractivity contribution < 1.29 is 49.2 Å². The third-order valence-electron chi connectivity index (χ3n) is 14.4. The summed E-state index contributed by atoms with van der Waals surface area (Å²) in [6.07, 6.45) is 20.2. The predicted molar refractivity (Wildman–Crippen MR) is 382 cm³/mol. The first-order valence-electron chi connectivity index (χ1n) is 28.7. The lowest BCUT2D eigenvalue weighted by Crippen LogP contribution is -2.57. The number of hydrogen-bond acceptors (Lipinski definition) is 12.